The molecular formula is C15H19N3O3. The number of hydrogen-bond acceptors (Lipinski definition) is 4. The molecule has 1 aromatic carbocycles. The van der Waals surface area contributed by atoms with Gasteiger partial charge in [-0.1, -0.05) is 0 Å². The van der Waals surface area contributed by atoms with Gasteiger partial charge >= 0.3 is 0 Å². The molecule has 6 heteroatoms. The van der Waals surface area contributed by atoms with Gasteiger partial charge < -0.3 is 11.1 Å². The lowest BCUT2D eigenvalue weighted by Crippen LogP contribution is -2.19. The number of amides is 1. The van der Waals surface area contributed by atoms with Crippen molar-refractivity contribution in [3.63, 3.8) is 0 Å². The maximum Gasteiger partial charge on any atom is 0.292 e. The standard InChI is InChI=1S/C15H19N3O3/c16-15(19)11-5-6-14(18(20)21)13(7-11)17-8-12(9-1-2-9)10-3-4-10/h5-7,9-10,12,17H,1-4,8H2,(H2,16,19). The molecule has 2 aliphatic carbocycles. The van der Waals surface area contributed by atoms with Crippen LogP contribution in [0.5, 0.6) is 0 Å². The Balaban J connectivity index is 1.76. The molecule has 0 aromatic heterocycles. The lowest BCUT2D eigenvalue weighted by molar-refractivity contribution is -0.384. The van der Waals surface area contributed by atoms with Crippen molar-refractivity contribution in [2.75, 3.05) is 11.9 Å². The zero-order valence-electron chi connectivity index (χ0n) is 11.7. The fourth-order valence-corrected chi connectivity index (χ4v) is 2.98. The smallest absolute Gasteiger partial charge is 0.292 e. The van der Waals surface area contributed by atoms with Crippen molar-refractivity contribution >= 4 is 17.3 Å². The van der Waals surface area contributed by atoms with Crippen molar-refractivity contribution < 1.29 is 9.72 Å². The van der Waals surface area contributed by atoms with Gasteiger partial charge in [-0.15, -0.1) is 0 Å². The molecule has 2 aliphatic rings. The van der Waals surface area contributed by atoms with Gasteiger partial charge in [-0.25, -0.2) is 0 Å². The van der Waals surface area contributed by atoms with Gasteiger partial charge in [0.25, 0.3) is 5.69 Å². The van der Waals surface area contributed by atoms with Crippen LogP contribution in [-0.2, 0) is 0 Å². The van der Waals surface area contributed by atoms with E-state index in [4.69, 9.17) is 5.73 Å². The summed E-state index contributed by atoms with van der Waals surface area (Å²) in [7, 11) is 0. The number of carbonyl (C=O) groups is 1. The third-order valence-electron chi connectivity index (χ3n) is 4.46. The summed E-state index contributed by atoms with van der Waals surface area (Å²) < 4.78 is 0. The van der Waals surface area contributed by atoms with E-state index < -0.39 is 10.8 Å². The van der Waals surface area contributed by atoms with E-state index in [9.17, 15) is 14.9 Å². The minimum atomic E-state index is -0.575. The maximum absolute atomic E-state index is 11.2. The number of anilines is 1. The van der Waals surface area contributed by atoms with E-state index in [1.54, 1.807) is 0 Å². The molecule has 6 nitrogen and oxygen atoms in total. The Bertz CT molecular complexity index is 568. The second kappa shape index (κ2) is 5.35. The van der Waals surface area contributed by atoms with Crippen LogP contribution in [0.25, 0.3) is 0 Å². The highest BCUT2D eigenvalue weighted by Crippen LogP contribution is 2.49. The zero-order valence-corrected chi connectivity index (χ0v) is 11.7. The highest BCUT2D eigenvalue weighted by molar-refractivity contribution is 5.94. The fourth-order valence-electron chi connectivity index (χ4n) is 2.98. The molecule has 2 saturated carbocycles. The molecule has 0 radical (unpaired) electrons. The van der Waals surface area contributed by atoms with Crippen molar-refractivity contribution in [2.24, 2.45) is 23.5 Å². The Kier molecular flexibility index (Phi) is 3.53. The quantitative estimate of drug-likeness (QED) is 0.595. The number of nitrogens with one attached hydrogen (secondary N) is 1. The molecule has 0 spiro atoms. The molecule has 112 valence electrons. The minimum Gasteiger partial charge on any atom is -0.379 e. The van der Waals surface area contributed by atoms with Gasteiger partial charge in [0.2, 0.25) is 5.91 Å². The molecule has 21 heavy (non-hydrogen) atoms. The Morgan fingerprint density at radius 2 is 1.95 bits per heavy atom. The van der Waals surface area contributed by atoms with Gasteiger partial charge in [0.05, 0.1) is 4.92 Å². The Labute approximate surface area is 122 Å². The second-order valence-corrected chi connectivity index (χ2v) is 6.07. The second-order valence-electron chi connectivity index (χ2n) is 6.07. The lowest BCUT2D eigenvalue weighted by atomic mass is 9.97. The maximum atomic E-state index is 11.2. The van der Waals surface area contributed by atoms with Crippen molar-refractivity contribution in [2.45, 2.75) is 25.7 Å². The molecule has 3 rings (SSSR count). The summed E-state index contributed by atoms with van der Waals surface area (Å²) in [6, 6.07) is 4.22. The summed E-state index contributed by atoms with van der Waals surface area (Å²) in [4.78, 5) is 21.9. The normalized spacial score (nSPS) is 17.8. The zero-order chi connectivity index (χ0) is 15.0. The first-order chi connectivity index (χ1) is 10.1. The number of carbonyl (C=O) groups excluding carboxylic acids is 1. The molecule has 0 bridgehead atoms. The largest absolute Gasteiger partial charge is 0.379 e. The molecule has 0 atom stereocenters. The summed E-state index contributed by atoms with van der Waals surface area (Å²) >= 11 is 0. The summed E-state index contributed by atoms with van der Waals surface area (Å²) in [6.45, 7) is 0.735. The number of primary amides is 1. The van der Waals surface area contributed by atoms with Crippen LogP contribution in [0.1, 0.15) is 36.0 Å². The van der Waals surface area contributed by atoms with Gasteiger partial charge in [-0.2, -0.15) is 0 Å². The van der Waals surface area contributed by atoms with Crippen LogP contribution in [0.3, 0.4) is 0 Å². The number of nitro benzene ring substituents is 1. The van der Waals surface area contributed by atoms with E-state index in [1.165, 1.54) is 43.9 Å². The predicted molar refractivity (Wildman–Crippen MR) is 79.0 cm³/mol. The monoisotopic (exact) mass is 289 g/mol. The van der Waals surface area contributed by atoms with Gasteiger partial charge in [0.1, 0.15) is 5.69 Å². The first kappa shape index (κ1) is 13.9. The van der Waals surface area contributed by atoms with E-state index in [0.29, 0.717) is 11.6 Å². The van der Waals surface area contributed by atoms with Crippen LogP contribution in [-0.4, -0.2) is 17.4 Å². The molecular weight excluding hydrogens is 270 g/mol. The number of benzene rings is 1. The van der Waals surface area contributed by atoms with E-state index in [-0.39, 0.29) is 11.3 Å². The third kappa shape index (κ3) is 3.15. The third-order valence-corrected chi connectivity index (χ3v) is 4.46. The van der Waals surface area contributed by atoms with E-state index in [0.717, 1.165) is 18.4 Å². The first-order valence-electron chi connectivity index (χ1n) is 7.38. The number of nitro groups is 1. The Morgan fingerprint density at radius 1 is 1.33 bits per heavy atom. The summed E-state index contributed by atoms with van der Waals surface area (Å²) in [5, 5.41) is 14.3. The van der Waals surface area contributed by atoms with Crippen molar-refractivity contribution in [3.8, 4) is 0 Å². The van der Waals surface area contributed by atoms with Crippen LogP contribution in [0.15, 0.2) is 18.2 Å². The molecule has 2 fully saturated rings. The van der Waals surface area contributed by atoms with Gasteiger partial charge in [0, 0.05) is 18.2 Å². The summed E-state index contributed by atoms with van der Waals surface area (Å²) in [5.41, 5.74) is 5.92. The minimum absolute atomic E-state index is 0.00894. The van der Waals surface area contributed by atoms with Crippen LogP contribution in [0, 0.1) is 27.9 Å². The highest BCUT2D eigenvalue weighted by atomic mass is 16.6. The molecule has 1 amide bonds. The Hall–Kier alpha value is -2.11. The number of hydrogen-bond donors (Lipinski definition) is 2. The van der Waals surface area contributed by atoms with Crippen molar-refractivity contribution in [1.82, 2.24) is 0 Å². The molecule has 0 unspecified atom stereocenters. The van der Waals surface area contributed by atoms with E-state index in [2.05, 4.69) is 5.32 Å². The van der Waals surface area contributed by atoms with Gasteiger partial charge in [-0.3, -0.25) is 14.9 Å². The van der Waals surface area contributed by atoms with Crippen LogP contribution < -0.4 is 11.1 Å². The van der Waals surface area contributed by atoms with Crippen molar-refractivity contribution in [1.29, 1.82) is 0 Å². The molecule has 0 saturated heterocycles. The fraction of sp³-hybridized carbons (Fsp3) is 0.533. The predicted octanol–water partition coefficient (Wildman–Crippen LogP) is 2.54. The topological polar surface area (TPSA) is 98.3 Å². The average molecular weight is 289 g/mol. The first-order valence-corrected chi connectivity index (χ1v) is 7.38. The Morgan fingerprint density at radius 3 is 2.43 bits per heavy atom. The molecule has 1 aromatic rings. The van der Waals surface area contributed by atoms with Gasteiger partial charge in [0.15, 0.2) is 0 Å². The van der Waals surface area contributed by atoms with Crippen LogP contribution in [0.2, 0.25) is 0 Å². The molecule has 3 N–H and O–H groups in total. The number of nitrogens with two attached hydrogens (primary N) is 1. The summed E-state index contributed by atoms with van der Waals surface area (Å²) in [6.07, 6.45) is 5.08. The summed E-state index contributed by atoms with van der Waals surface area (Å²) in [5.74, 6) is 1.56. The van der Waals surface area contributed by atoms with E-state index >= 15 is 0 Å². The van der Waals surface area contributed by atoms with Crippen LogP contribution >= 0.6 is 0 Å². The number of nitrogens with zero attached hydrogens (tertiary/aromatic N) is 1. The lowest BCUT2D eigenvalue weighted by Gasteiger charge is -2.17. The van der Waals surface area contributed by atoms with Gasteiger partial charge in [-0.05, 0) is 55.6 Å². The number of rotatable bonds is 7. The van der Waals surface area contributed by atoms with Crippen molar-refractivity contribution in [3.05, 3.63) is 33.9 Å². The van der Waals surface area contributed by atoms with E-state index in [1.807, 2.05) is 0 Å². The van der Waals surface area contributed by atoms with Crippen LogP contribution in [0.4, 0.5) is 11.4 Å². The SMILES string of the molecule is NC(=O)c1ccc([N+](=O)[O-])c(NCC(C2CC2)C2CC2)c1. The molecule has 0 heterocycles. The average Bonchev–Trinajstić information content (AvgIpc) is 3.32. The highest BCUT2D eigenvalue weighted by Gasteiger charge is 2.41. The molecule has 0 aliphatic heterocycles.